The summed E-state index contributed by atoms with van der Waals surface area (Å²) < 4.78 is 42.2. The molecule has 0 amide bonds. The topological polar surface area (TPSA) is 107 Å². The molecule has 0 saturated heterocycles. The number of carbonyl (C=O) groups excluding carboxylic acids is 2. The van der Waals surface area contributed by atoms with E-state index in [-0.39, 0.29) is 10.6 Å². The van der Waals surface area contributed by atoms with Gasteiger partial charge in [-0.05, 0) is 81.6 Å². The van der Waals surface area contributed by atoms with Gasteiger partial charge in [-0.1, -0.05) is 6.07 Å². The van der Waals surface area contributed by atoms with Crippen LogP contribution in [0.25, 0.3) is 0 Å². The van der Waals surface area contributed by atoms with Crippen molar-refractivity contribution in [3.05, 3.63) is 55.2 Å². The van der Waals surface area contributed by atoms with Crippen molar-refractivity contribution >= 4 is 67.2 Å². The summed E-state index contributed by atoms with van der Waals surface area (Å²) in [5, 5.41) is 0. The van der Waals surface area contributed by atoms with E-state index in [1.807, 2.05) is 28.7 Å². The van der Waals surface area contributed by atoms with Crippen LogP contribution in [0, 0.1) is 7.14 Å². The summed E-state index contributed by atoms with van der Waals surface area (Å²) in [6, 6.07) is 9.69. The number of benzene rings is 2. The van der Waals surface area contributed by atoms with Gasteiger partial charge in [-0.25, -0.2) is 9.59 Å². The van der Waals surface area contributed by atoms with Gasteiger partial charge in [0.2, 0.25) is 0 Å². The van der Waals surface area contributed by atoms with Gasteiger partial charge < -0.3 is 9.47 Å². The Balaban J connectivity index is 1.94. The van der Waals surface area contributed by atoms with Crippen molar-refractivity contribution in [1.29, 1.82) is 0 Å². The molecule has 10 heteroatoms. The summed E-state index contributed by atoms with van der Waals surface area (Å²) in [4.78, 5) is 23.4. The third kappa shape index (κ3) is 5.62. The predicted octanol–water partition coefficient (Wildman–Crippen LogP) is 2.90. The average Bonchev–Trinajstić information content (AvgIpc) is 2.55. The number of carbonyl (C=O) groups is 2. The van der Waals surface area contributed by atoms with Crippen molar-refractivity contribution in [2.24, 2.45) is 0 Å². The molecule has 0 aliphatic carbocycles. The molecule has 132 valence electrons. The van der Waals surface area contributed by atoms with Crippen LogP contribution in [0.4, 0.5) is 0 Å². The summed E-state index contributed by atoms with van der Waals surface area (Å²) >= 11 is 4.09. The molecule has 0 saturated carbocycles. The summed E-state index contributed by atoms with van der Waals surface area (Å²) in [5.74, 6) is -1.42. The molecule has 2 aromatic carbocycles. The molecule has 0 unspecified atom stereocenters. The Morgan fingerprint density at radius 2 is 1.68 bits per heavy atom. The molecule has 0 fully saturated rings. The quantitative estimate of drug-likeness (QED) is 0.248. The number of hydrogen-bond donors (Lipinski definition) is 1. The van der Waals surface area contributed by atoms with E-state index in [1.54, 1.807) is 12.1 Å². The smallest absolute Gasteiger partial charge is 0.349 e. The van der Waals surface area contributed by atoms with E-state index in [1.165, 1.54) is 12.1 Å². The first kappa shape index (κ1) is 20.1. The molecule has 0 aliphatic rings. The maximum Gasteiger partial charge on any atom is 0.349 e. The molecule has 0 atom stereocenters. The summed E-state index contributed by atoms with van der Waals surface area (Å²) in [7, 11) is -4.32. The van der Waals surface area contributed by atoms with Gasteiger partial charge in [0.15, 0.2) is 6.61 Å². The standard InChI is InChI=1S/C15H10I2O7S/c16-12-3-1-2-11(14(12)17)15(19)23-8-13(18)24-9-4-6-10(7-5-9)25(20,21)22/h1-7H,8H2,(H,20,21,22). The Kier molecular flexibility index (Phi) is 6.76. The van der Waals surface area contributed by atoms with Crippen molar-refractivity contribution in [2.75, 3.05) is 6.61 Å². The lowest BCUT2D eigenvalue weighted by molar-refractivity contribution is -0.137. The van der Waals surface area contributed by atoms with Gasteiger partial charge in [0.1, 0.15) is 5.75 Å². The first-order chi connectivity index (χ1) is 11.7. The van der Waals surface area contributed by atoms with Crippen LogP contribution in [0.5, 0.6) is 5.75 Å². The highest BCUT2D eigenvalue weighted by atomic mass is 127. The zero-order valence-corrected chi connectivity index (χ0v) is 17.4. The lowest BCUT2D eigenvalue weighted by Crippen LogP contribution is -2.19. The SMILES string of the molecule is O=C(COC(=O)c1cccc(I)c1I)Oc1ccc(S(=O)(=O)O)cc1. The fraction of sp³-hybridized carbons (Fsp3) is 0.0667. The number of hydrogen-bond acceptors (Lipinski definition) is 6. The minimum atomic E-state index is -4.32. The zero-order chi connectivity index (χ0) is 18.6. The molecule has 1 N–H and O–H groups in total. The Morgan fingerprint density at radius 1 is 1.04 bits per heavy atom. The lowest BCUT2D eigenvalue weighted by Gasteiger charge is -2.08. The van der Waals surface area contributed by atoms with Crippen molar-refractivity contribution in [3.63, 3.8) is 0 Å². The van der Waals surface area contributed by atoms with E-state index >= 15 is 0 Å². The molecule has 0 spiro atoms. The number of ether oxygens (including phenoxy) is 2. The summed E-state index contributed by atoms with van der Waals surface area (Å²) in [6.07, 6.45) is 0. The van der Waals surface area contributed by atoms with Crippen LogP contribution < -0.4 is 4.74 Å². The lowest BCUT2D eigenvalue weighted by atomic mass is 10.2. The first-order valence-electron chi connectivity index (χ1n) is 6.58. The number of esters is 2. The van der Waals surface area contributed by atoms with Gasteiger partial charge in [-0.2, -0.15) is 8.42 Å². The molecule has 0 bridgehead atoms. The third-order valence-electron chi connectivity index (χ3n) is 2.85. The van der Waals surface area contributed by atoms with Crippen molar-refractivity contribution in [2.45, 2.75) is 4.90 Å². The van der Waals surface area contributed by atoms with E-state index in [2.05, 4.69) is 22.6 Å². The zero-order valence-electron chi connectivity index (χ0n) is 12.3. The predicted molar refractivity (Wildman–Crippen MR) is 104 cm³/mol. The summed E-state index contributed by atoms with van der Waals surface area (Å²) in [6.45, 7) is -0.597. The molecule has 0 heterocycles. The van der Waals surface area contributed by atoms with E-state index in [0.29, 0.717) is 5.56 Å². The van der Waals surface area contributed by atoms with Gasteiger partial charge in [0.05, 0.1) is 10.5 Å². The van der Waals surface area contributed by atoms with Crippen LogP contribution >= 0.6 is 45.2 Å². The highest BCUT2D eigenvalue weighted by Crippen LogP contribution is 2.20. The molecular weight excluding hydrogens is 578 g/mol. The van der Waals surface area contributed by atoms with Gasteiger partial charge in [0.25, 0.3) is 10.1 Å². The molecule has 25 heavy (non-hydrogen) atoms. The molecule has 2 aromatic rings. The van der Waals surface area contributed by atoms with Crippen LogP contribution in [-0.2, 0) is 19.6 Å². The van der Waals surface area contributed by atoms with Crippen LogP contribution in [0.2, 0.25) is 0 Å². The van der Waals surface area contributed by atoms with Crippen molar-refractivity contribution < 1.29 is 32.0 Å². The number of halogens is 2. The Bertz CT molecular complexity index is 908. The van der Waals surface area contributed by atoms with Gasteiger partial charge in [0, 0.05) is 7.14 Å². The van der Waals surface area contributed by atoms with E-state index in [4.69, 9.17) is 14.0 Å². The fourth-order valence-electron chi connectivity index (χ4n) is 1.70. The Labute approximate surface area is 170 Å². The maximum absolute atomic E-state index is 12.0. The molecule has 0 aromatic heterocycles. The molecule has 7 nitrogen and oxygen atoms in total. The van der Waals surface area contributed by atoms with Gasteiger partial charge in [-0.3, -0.25) is 4.55 Å². The monoisotopic (exact) mass is 588 g/mol. The van der Waals surface area contributed by atoms with Crippen molar-refractivity contribution in [3.8, 4) is 5.75 Å². The third-order valence-corrected chi connectivity index (χ3v) is 6.81. The average molecular weight is 588 g/mol. The van der Waals surface area contributed by atoms with Crippen LogP contribution in [0.1, 0.15) is 10.4 Å². The highest BCUT2D eigenvalue weighted by Gasteiger charge is 2.16. The van der Waals surface area contributed by atoms with Gasteiger partial charge >= 0.3 is 11.9 Å². The van der Waals surface area contributed by atoms with E-state index < -0.39 is 28.7 Å². The Morgan fingerprint density at radius 3 is 2.28 bits per heavy atom. The minimum Gasteiger partial charge on any atom is -0.450 e. The maximum atomic E-state index is 12.0. The number of rotatable bonds is 5. The normalized spacial score (nSPS) is 11.0. The fourth-order valence-corrected chi connectivity index (χ4v) is 3.26. The van der Waals surface area contributed by atoms with Crippen LogP contribution in [0.15, 0.2) is 47.4 Å². The highest BCUT2D eigenvalue weighted by molar-refractivity contribution is 14.1. The van der Waals surface area contributed by atoms with E-state index in [9.17, 15) is 18.0 Å². The molecule has 0 radical (unpaired) electrons. The second-order valence-electron chi connectivity index (χ2n) is 4.60. The second-order valence-corrected chi connectivity index (χ2v) is 8.26. The molecule has 2 rings (SSSR count). The molecule has 0 aliphatic heterocycles. The summed E-state index contributed by atoms with van der Waals surface area (Å²) in [5.41, 5.74) is 0.345. The van der Waals surface area contributed by atoms with Gasteiger partial charge in [-0.15, -0.1) is 0 Å². The Hall–Kier alpha value is -1.25. The molecular formula is C15H10I2O7S. The van der Waals surface area contributed by atoms with Crippen LogP contribution in [-0.4, -0.2) is 31.5 Å². The van der Waals surface area contributed by atoms with E-state index in [0.717, 1.165) is 19.3 Å². The second kappa shape index (κ2) is 8.42. The van der Waals surface area contributed by atoms with Crippen molar-refractivity contribution in [1.82, 2.24) is 0 Å². The largest absolute Gasteiger partial charge is 0.450 e. The van der Waals surface area contributed by atoms with Crippen LogP contribution in [0.3, 0.4) is 0 Å². The first-order valence-corrected chi connectivity index (χ1v) is 10.2. The minimum absolute atomic E-state index is 0.0530.